The van der Waals surface area contributed by atoms with Gasteiger partial charge in [-0.05, 0) is 31.2 Å². The van der Waals surface area contributed by atoms with Crippen LogP contribution in [0.3, 0.4) is 0 Å². The second-order valence-electron chi connectivity index (χ2n) is 3.87. The molecule has 0 saturated carbocycles. The molecule has 96 valence electrons. The number of anilines is 1. The molecule has 2 rings (SSSR count). The van der Waals surface area contributed by atoms with E-state index >= 15 is 0 Å². The van der Waals surface area contributed by atoms with E-state index in [1.54, 1.807) is 0 Å². The number of hydrogen-bond acceptors (Lipinski definition) is 4. The zero-order valence-corrected chi connectivity index (χ0v) is 12.3. The molecular weight excluding hydrogens is 314 g/mol. The van der Waals surface area contributed by atoms with Gasteiger partial charge in [-0.15, -0.1) is 0 Å². The Hall–Kier alpha value is -1.01. The fraction of sp³-hybridized carbons (Fsp3) is 0.333. The molecular formula is C12H14BrN3OS. The average Bonchev–Trinajstić information content (AvgIpc) is 2.85. The van der Waals surface area contributed by atoms with E-state index in [-0.39, 0.29) is 11.2 Å². The Morgan fingerprint density at radius 2 is 2.22 bits per heavy atom. The fourth-order valence-electron chi connectivity index (χ4n) is 1.45. The molecule has 0 unspecified atom stereocenters. The first-order valence-corrected chi connectivity index (χ1v) is 7.34. The number of nitrogens with one attached hydrogen (secondary N) is 2. The summed E-state index contributed by atoms with van der Waals surface area (Å²) in [5.74, 6) is -0.0151. The number of benzene rings is 1. The summed E-state index contributed by atoms with van der Waals surface area (Å²) in [4.78, 5) is 16.2. The first kappa shape index (κ1) is 13.4. The summed E-state index contributed by atoms with van der Waals surface area (Å²) in [7, 11) is 0. The molecule has 1 aliphatic heterocycles. The van der Waals surface area contributed by atoms with Crippen molar-refractivity contribution in [3.63, 3.8) is 0 Å². The van der Waals surface area contributed by atoms with Gasteiger partial charge in [-0.25, -0.2) is 0 Å². The zero-order valence-electron chi connectivity index (χ0n) is 9.94. The summed E-state index contributed by atoms with van der Waals surface area (Å²) in [6.45, 7) is 3.54. The molecule has 4 nitrogen and oxygen atoms in total. The molecule has 0 radical (unpaired) electrons. The lowest BCUT2D eigenvalue weighted by atomic mass is 10.3. The van der Waals surface area contributed by atoms with E-state index in [1.807, 2.05) is 31.2 Å². The van der Waals surface area contributed by atoms with Gasteiger partial charge < -0.3 is 10.6 Å². The molecule has 0 spiro atoms. The highest BCUT2D eigenvalue weighted by Crippen LogP contribution is 2.18. The number of thioether (sulfide) groups is 1. The van der Waals surface area contributed by atoms with Crippen molar-refractivity contribution < 1.29 is 4.79 Å². The molecule has 6 heteroatoms. The molecule has 0 aromatic heterocycles. The van der Waals surface area contributed by atoms with Crippen LogP contribution < -0.4 is 10.6 Å². The summed E-state index contributed by atoms with van der Waals surface area (Å²) < 4.78 is 0.993. The Kier molecular flexibility index (Phi) is 4.66. The van der Waals surface area contributed by atoms with E-state index in [1.165, 1.54) is 11.8 Å². The fourth-order valence-corrected chi connectivity index (χ4v) is 2.57. The van der Waals surface area contributed by atoms with Crippen molar-refractivity contribution in [2.45, 2.75) is 12.2 Å². The van der Waals surface area contributed by atoms with Crippen molar-refractivity contribution in [1.82, 2.24) is 5.32 Å². The van der Waals surface area contributed by atoms with Crippen LogP contribution in [-0.4, -0.2) is 29.4 Å². The maximum absolute atomic E-state index is 12.0. The molecule has 1 aromatic rings. The minimum absolute atomic E-state index is 0.0151. The van der Waals surface area contributed by atoms with Crippen molar-refractivity contribution in [1.29, 1.82) is 0 Å². The maximum atomic E-state index is 12.0. The standard InChI is InChI=1S/C12H14BrN3OS/c1-8(18-12-14-6-7-15-12)11(17)16-10-4-2-9(13)3-5-10/h2-5,8H,6-7H2,1H3,(H,14,15)(H,16,17)/t8-/m1/s1. The number of aliphatic imine (C=N–C) groups is 1. The molecule has 0 bridgehead atoms. The van der Waals surface area contributed by atoms with Crippen molar-refractivity contribution in [3.05, 3.63) is 28.7 Å². The zero-order chi connectivity index (χ0) is 13.0. The van der Waals surface area contributed by atoms with Gasteiger partial charge in [0, 0.05) is 16.7 Å². The van der Waals surface area contributed by atoms with Gasteiger partial charge in [0.05, 0.1) is 11.8 Å². The summed E-state index contributed by atoms with van der Waals surface area (Å²) in [5.41, 5.74) is 0.803. The molecule has 1 aliphatic rings. The molecule has 1 aromatic carbocycles. The van der Waals surface area contributed by atoms with Crippen LogP contribution in [0.5, 0.6) is 0 Å². The third kappa shape index (κ3) is 3.74. The summed E-state index contributed by atoms with van der Waals surface area (Å²) in [6, 6.07) is 7.53. The molecule has 2 N–H and O–H groups in total. The van der Waals surface area contributed by atoms with Gasteiger partial charge in [0.1, 0.15) is 0 Å². The lowest BCUT2D eigenvalue weighted by molar-refractivity contribution is -0.115. The summed E-state index contributed by atoms with van der Waals surface area (Å²) in [5, 5.41) is 6.71. The van der Waals surface area contributed by atoms with Crippen LogP contribution in [0.4, 0.5) is 5.69 Å². The Bertz CT molecular complexity index is 461. The molecule has 0 saturated heterocycles. The molecule has 1 atom stereocenters. The quantitative estimate of drug-likeness (QED) is 0.896. The van der Waals surface area contributed by atoms with E-state index in [0.717, 1.165) is 28.4 Å². The number of rotatable bonds is 3. The van der Waals surface area contributed by atoms with Gasteiger partial charge in [-0.2, -0.15) is 0 Å². The normalized spacial score (nSPS) is 15.8. The smallest absolute Gasteiger partial charge is 0.237 e. The van der Waals surface area contributed by atoms with Gasteiger partial charge in [0.2, 0.25) is 5.91 Å². The van der Waals surface area contributed by atoms with Gasteiger partial charge in [0.25, 0.3) is 0 Å². The van der Waals surface area contributed by atoms with E-state index in [2.05, 4.69) is 31.6 Å². The lowest BCUT2D eigenvalue weighted by Crippen LogP contribution is -2.26. The van der Waals surface area contributed by atoms with E-state index in [9.17, 15) is 4.79 Å². The van der Waals surface area contributed by atoms with E-state index in [0.29, 0.717) is 0 Å². The minimum Gasteiger partial charge on any atom is -0.363 e. The average molecular weight is 328 g/mol. The third-order valence-electron chi connectivity index (χ3n) is 2.41. The number of carbonyl (C=O) groups is 1. The Balaban J connectivity index is 1.88. The van der Waals surface area contributed by atoms with Crippen molar-refractivity contribution in [3.8, 4) is 0 Å². The van der Waals surface area contributed by atoms with Crippen molar-refractivity contribution in [2.24, 2.45) is 4.99 Å². The van der Waals surface area contributed by atoms with Crippen LogP contribution in [0.1, 0.15) is 6.92 Å². The number of amides is 1. The SMILES string of the molecule is C[C@@H](SC1=NCCN1)C(=O)Nc1ccc(Br)cc1. The first-order valence-electron chi connectivity index (χ1n) is 5.66. The number of halogens is 1. The third-order valence-corrected chi connectivity index (χ3v) is 4.01. The highest BCUT2D eigenvalue weighted by atomic mass is 79.9. The van der Waals surface area contributed by atoms with Crippen LogP contribution in [-0.2, 0) is 4.79 Å². The van der Waals surface area contributed by atoms with Gasteiger partial charge >= 0.3 is 0 Å². The van der Waals surface area contributed by atoms with E-state index < -0.39 is 0 Å². The summed E-state index contributed by atoms with van der Waals surface area (Å²) >= 11 is 4.81. The predicted molar refractivity (Wildman–Crippen MR) is 80.1 cm³/mol. The second-order valence-corrected chi connectivity index (χ2v) is 6.12. The Morgan fingerprint density at radius 1 is 1.50 bits per heavy atom. The van der Waals surface area contributed by atoms with Crippen LogP contribution in [0.25, 0.3) is 0 Å². The van der Waals surface area contributed by atoms with Gasteiger partial charge in [-0.1, -0.05) is 27.7 Å². The van der Waals surface area contributed by atoms with Crippen LogP contribution in [0.15, 0.2) is 33.7 Å². The Morgan fingerprint density at radius 3 is 2.83 bits per heavy atom. The van der Waals surface area contributed by atoms with Gasteiger partial charge in [-0.3, -0.25) is 9.79 Å². The molecule has 18 heavy (non-hydrogen) atoms. The Labute approximate surface area is 119 Å². The summed E-state index contributed by atoms with van der Waals surface area (Å²) in [6.07, 6.45) is 0. The maximum Gasteiger partial charge on any atom is 0.237 e. The van der Waals surface area contributed by atoms with Gasteiger partial charge in [0.15, 0.2) is 5.17 Å². The lowest BCUT2D eigenvalue weighted by Gasteiger charge is -2.12. The van der Waals surface area contributed by atoms with Crippen LogP contribution in [0, 0.1) is 0 Å². The molecule has 0 fully saturated rings. The van der Waals surface area contributed by atoms with Crippen molar-refractivity contribution >= 4 is 44.5 Å². The van der Waals surface area contributed by atoms with Crippen molar-refractivity contribution in [2.75, 3.05) is 18.4 Å². The predicted octanol–water partition coefficient (Wildman–Crippen LogP) is 2.47. The minimum atomic E-state index is -0.169. The molecule has 1 heterocycles. The first-order chi connectivity index (χ1) is 8.65. The highest BCUT2D eigenvalue weighted by Gasteiger charge is 2.18. The topological polar surface area (TPSA) is 53.5 Å². The largest absolute Gasteiger partial charge is 0.363 e. The molecule has 0 aliphatic carbocycles. The highest BCUT2D eigenvalue weighted by molar-refractivity contribution is 9.10. The number of carbonyl (C=O) groups excluding carboxylic acids is 1. The van der Waals surface area contributed by atoms with E-state index in [4.69, 9.17) is 0 Å². The molecule has 1 amide bonds. The number of nitrogens with zero attached hydrogens (tertiary/aromatic N) is 1. The van der Waals surface area contributed by atoms with Crippen LogP contribution in [0.2, 0.25) is 0 Å². The number of hydrogen-bond donors (Lipinski definition) is 2. The monoisotopic (exact) mass is 327 g/mol. The van der Waals surface area contributed by atoms with Crippen LogP contribution >= 0.6 is 27.7 Å². The second kappa shape index (κ2) is 6.24. The number of amidine groups is 1.